The van der Waals surface area contributed by atoms with E-state index in [0.717, 1.165) is 49.4 Å². The van der Waals surface area contributed by atoms with Crippen molar-refractivity contribution in [3.63, 3.8) is 0 Å². The van der Waals surface area contributed by atoms with E-state index in [1.807, 2.05) is 13.8 Å². The first-order chi connectivity index (χ1) is 11.5. The maximum absolute atomic E-state index is 12.3. The number of aromatic nitrogens is 4. The number of hydrogen-bond acceptors (Lipinski definition) is 5. The van der Waals surface area contributed by atoms with E-state index < -0.39 is 0 Å². The zero-order chi connectivity index (χ0) is 17.2. The molecule has 3 rings (SSSR count). The fourth-order valence-corrected chi connectivity index (χ4v) is 3.36. The summed E-state index contributed by atoms with van der Waals surface area (Å²) in [6.07, 6.45) is 4.87. The van der Waals surface area contributed by atoms with Gasteiger partial charge in [-0.25, -0.2) is 9.50 Å². The van der Waals surface area contributed by atoms with Gasteiger partial charge in [0.25, 0.3) is 5.78 Å². The fraction of sp³-hybridized carbons (Fsp3) is 0.647. The van der Waals surface area contributed by atoms with Crippen LogP contribution in [0.2, 0.25) is 0 Å². The van der Waals surface area contributed by atoms with Crippen LogP contribution in [0.15, 0.2) is 6.33 Å². The lowest BCUT2D eigenvalue weighted by molar-refractivity contribution is -0.121. The molecular weight excluding hydrogens is 304 g/mol. The number of hydrogen-bond donors (Lipinski definition) is 2. The molecule has 1 fully saturated rings. The van der Waals surface area contributed by atoms with Gasteiger partial charge >= 0.3 is 0 Å². The average Bonchev–Trinajstić information content (AvgIpc) is 3.02. The van der Waals surface area contributed by atoms with Gasteiger partial charge in [0.1, 0.15) is 6.33 Å². The monoisotopic (exact) mass is 330 g/mol. The summed E-state index contributed by atoms with van der Waals surface area (Å²) in [5.41, 5.74) is 3.23. The predicted molar refractivity (Wildman–Crippen MR) is 91.8 cm³/mol. The Labute approximate surface area is 142 Å². The second-order valence-electron chi connectivity index (χ2n) is 7.07. The third-order valence-corrected chi connectivity index (χ3v) is 5.11. The van der Waals surface area contributed by atoms with Crippen LogP contribution in [0.4, 0.5) is 0 Å². The van der Waals surface area contributed by atoms with Crippen molar-refractivity contribution in [2.45, 2.75) is 46.5 Å². The summed E-state index contributed by atoms with van der Waals surface area (Å²) in [5, 5.41) is 10.7. The number of amides is 1. The zero-order valence-corrected chi connectivity index (χ0v) is 14.7. The molecule has 0 radical (unpaired) electrons. The van der Waals surface area contributed by atoms with E-state index in [0.29, 0.717) is 18.6 Å². The Bertz CT molecular complexity index is 732. The number of fused-ring (bicyclic) bond motifs is 1. The van der Waals surface area contributed by atoms with E-state index in [1.165, 1.54) is 6.33 Å². The molecule has 130 valence electrons. The van der Waals surface area contributed by atoms with E-state index in [1.54, 1.807) is 4.52 Å². The molecule has 3 heterocycles. The molecule has 0 spiro atoms. The summed E-state index contributed by atoms with van der Waals surface area (Å²) in [6.45, 7) is 9.05. The Morgan fingerprint density at radius 1 is 1.38 bits per heavy atom. The Morgan fingerprint density at radius 2 is 2.12 bits per heavy atom. The molecule has 0 saturated carbocycles. The highest BCUT2D eigenvalue weighted by Crippen LogP contribution is 2.26. The maximum atomic E-state index is 12.3. The minimum absolute atomic E-state index is 0.104. The molecule has 0 aliphatic carbocycles. The van der Waals surface area contributed by atoms with E-state index in [9.17, 15) is 4.79 Å². The highest BCUT2D eigenvalue weighted by Gasteiger charge is 2.27. The standard InChI is InChI=1S/C17H26N6O/c1-12-14(13(2)23-16(22-12)20-11-21-23)4-5-15(24)19-10-17(3)6-8-18-9-7-17/h11,18H,4-10H2,1-3H3,(H,19,24). The minimum atomic E-state index is 0.104. The summed E-state index contributed by atoms with van der Waals surface area (Å²) in [5.74, 6) is 0.712. The van der Waals surface area contributed by atoms with Crippen molar-refractivity contribution in [2.24, 2.45) is 5.41 Å². The number of rotatable bonds is 5. The van der Waals surface area contributed by atoms with E-state index in [4.69, 9.17) is 0 Å². The SMILES string of the molecule is Cc1nc2ncnn2c(C)c1CCC(=O)NCC1(C)CCNCC1. The van der Waals surface area contributed by atoms with Gasteiger partial charge in [-0.2, -0.15) is 10.1 Å². The average molecular weight is 330 g/mol. The highest BCUT2D eigenvalue weighted by molar-refractivity contribution is 5.76. The molecule has 7 nitrogen and oxygen atoms in total. The third-order valence-electron chi connectivity index (χ3n) is 5.11. The first-order valence-corrected chi connectivity index (χ1v) is 8.62. The van der Waals surface area contributed by atoms with Gasteiger partial charge in [0, 0.05) is 24.4 Å². The van der Waals surface area contributed by atoms with Crippen LogP contribution in [-0.2, 0) is 11.2 Å². The molecule has 2 aromatic heterocycles. The molecule has 0 bridgehead atoms. The number of aryl methyl sites for hydroxylation is 2. The second-order valence-corrected chi connectivity index (χ2v) is 7.07. The predicted octanol–water partition coefficient (Wildman–Crippen LogP) is 1.18. The first kappa shape index (κ1) is 16.8. The van der Waals surface area contributed by atoms with E-state index in [-0.39, 0.29) is 11.3 Å². The van der Waals surface area contributed by atoms with Crippen molar-refractivity contribution in [1.29, 1.82) is 0 Å². The van der Waals surface area contributed by atoms with Gasteiger partial charge in [0.05, 0.1) is 0 Å². The van der Waals surface area contributed by atoms with E-state index in [2.05, 4.69) is 32.6 Å². The van der Waals surface area contributed by atoms with Crippen molar-refractivity contribution >= 4 is 11.7 Å². The topological polar surface area (TPSA) is 84.2 Å². The van der Waals surface area contributed by atoms with Crippen molar-refractivity contribution in [2.75, 3.05) is 19.6 Å². The molecule has 0 aromatic carbocycles. The van der Waals surface area contributed by atoms with Crippen molar-refractivity contribution in [3.8, 4) is 0 Å². The summed E-state index contributed by atoms with van der Waals surface area (Å²) in [7, 11) is 0. The summed E-state index contributed by atoms with van der Waals surface area (Å²) < 4.78 is 1.73. The van der Waals surface area contributed by atoms with Crippen LogP contribution in [0.25, 0.3) is 5.78 Å². The van der Waals surface area contributed by atoms with Crippen LogP contribution < -0.4 is 10.6 Å². The van der Waals surface area contributed by atoms with Gasteiger partial charge in [0.15, 0.2) is 0 Å². The molecule has 1 aliphatic rings. The molecule has 0 unspecified atom stereocenters. The lowest BCUT2D eigenvalue weighted by atomic mass is 9.81. The molecule has 1 saturated heterocycles. The van der Waals surface area contributed by atoms with Gasteiger partial charge in [-0.15, -0.1) is 0 Å². The summed E-state index contributed by atoms with van der Waals surface area (Å²) >= 11 is 0. The van der Waals surface area contributed by atoms with Crippen LogP contribution in [0, 0.1) is 19.3 Å². The maximum Gasteiger partial charge on any atom is 0.252 e. The number of nitrogens with one attached hydrogen (secondary N) is 2. The van der Waals surface area contributed by atoms with Gasteiger partial charge in [0.2, 0.25) is 5.91 Å². The van der Waals surface area contributed by atoms with Gasteiger partial charge in [-0.1, -0.05) is 6.92 Å². The Hall–Kier alpha value is -2.02. The summed E-state index contributed by atoms with van der Waals surface area (Å²) in [4.78, 5) is 20.8. The number of piperidine rings is 1. The van der Waals surface area contributed by atoms with Gasteiger partial charge in [-0.05, 0) is 57.2 Å². The smallest absolute Gasteiger partial charge is 0.252 e. The largest absolute Gasteiger partial charge is 0.356 e. The molecule has 7 heteroatoms. The van der Waals surface area contributed by atoms with Crippen molar-refractivity contribution in [1.82, 2.24) is 30.2 Å². The van der Waals surface area contributed by atoms with Crippen molar-refractivity contribution < 1.29 is 4.79 Å². The zero-order valence-electron chi connectivity index (χ0n) is 14.7. The summed E-state index contributed by atoms with van der Waals surface area (Å²) in [6, 6.07) is 0. The van der Waals surface area contributed by atoms with Gasteiger partial charge in [-0.3, -0.25) is 4.79 Å². The Morgan fingerprint density at radius 3 is 2.88 bits per heavy atom. The third kappa shape index (κ3) is 3.56. The van der Waals surface area contributed by atoms with Gasteiger partial charge < -0.3 is 10.6 Å². The fourth-order valence-electron chi connectivity index (χ4n) is 3.36. The molecule has 24 heavy (non-hydrogen) atoms. The van der Waals surface area contributed by atoms with E-state index >= 15 is 0 Å². The Kier molecular flexibility index (Phi) is 4.80. The Balaban J connectivity index is 1.58. The normalized spacial score (nSPS) is 17.1. The molecular formula is C17H26N6O. The molecule has 1 aliphatic heterocycles. The highest BCUT2D eigenvalue weighted by atomic mass is 16.1. The van der Waals surface area contributed by atoms with Crippen LogP contribution in [-0.4, -0.2) is 45.1 Å². The van der Waals surface area contributed by atoms with Crippen LogP contribution in [0.3, 0.4) is 0 Å². The molecule has 0 atom stereocenters. The number of carbonyl (C=O) groups excluding carboxylic acids is 1. The quantitative estimate of drug-likeness (QED) is 0.860. The lowest BCUT2D eigenvalue weighted by Gasteiger charge is -2.34. The second kappa shape index (κ2) is 6.84. The van der Waals surface area contributed by atoms with Crippen molar-refractivity contribution in [3.05, 3.63) is 23.3 Å². The lowest BCUT2D eigenvalue weighted by Crippen LogP contribution is -2.42. The first-order valence-electron chi connectivity index (χ1n) is 8.62. The van der Waals surface area contributed by atoms with Crippen LogP contribution >= 0.6 is 0 Å². The van der Waals surface area contributed by atoms with Crippen LogP contribution in [0.1, 0.15) is 43.1 Å². The molecule has 2 aromatic rings. The molecule has 1 amide bonds. The minimum Gasteiger partial charge on any atom is -0.356 e. The number of carbonyl (C=O) groups is 1. The molecule has 2 N–H and O–H groups in total. The number of nitrogens with zero attached hydrogens (tertiary/aromatic N) is 4. The van der Waals surface area contributed by atoms with Crippen LogP contribution in [0.5, 0.6) is 0 Å².